The maximum absolute atomic E-state index is 13.4. The number of halogens is 3. The molecule has 4 nitrogen and oxygen atoms in total. The van der Waals surface area contributed by atoms with Gasteiger partial charge in [0, 0.05) is 12.1 Å². The SMILES string of the molecule is Cc1nsc(Nc2cc(F)c(F)cc2F)c1C(=O)O. The van der Waals surface area contributed by atoms with Gasteiger partial charge < -0.3 is 10.4 Å². The molecule has 0 fully saturated rings. The highest BCUT2D eigenvalue weighted by molar-refractivity contribution is 7.10. The Morgan fingerprint density at radius 3 is 2.53 bits per heavy atom. The van der Waals surface area contributed by atoms with Crippen LogP contribution in [0, 0.1) is 24.4 Å². The van der Waals surface area contributed by atoms with Gasteiger partial charge in [-0.2, -0.15) is 4.37 Å². The van der Waals surface area contributed by atoms with Gasteiger partial charge in [-0.25, -0.2) is 18.0 Å². The summed E-state index contributed by atoms with van der Waals surface area (Å²) in [5, 5.41) is 11.4. The van der Waals surface area contributed by atoms with Crippen molar-refractivity contribution in [2.75, 3.05) is 5.32 Å². The topological polar surface area (TPSA) is 62.2 Å². The van der Waals surface area contributed by atoms with E-state index in [4.69, 9.17) is 5.11 Å². The Hall–Kier alpha value is -2.09. The van der Waals surface area contributed by atoms with Crippen LogP contribution in [0.2, 0.25) is 0 Å². The second-order valence-corrected chi connectivity index (χ2v) is 4.42. The maximum atomic E-state index is 13.4. The number of carboxylic acid groups (broad SMARTS) is 1. The first-order chi connectivity index (χ1) is 8.90. The van der Waals surface area contributed by atoms with Gasteiger partial charge in [0.15, 0.2) is 11.6 Å². The number of aromatic carboxylic acids is 1. The van der Waals surface area contributed by atoms with Crippen LogP contribution in [0.25, 0.3) is 0 Å². The van der Waals surface area contributed by atoms with Crippen molar-refractivity contribution in [3.8, 4) is 0 Å². The lowest BCUT2D eigenvalue weighted by molar-refractivity contribution is 0.0697. The zero-order valence-electron chi connectivity index (χ0n) is 9.50. The molecule has 0 unspecified atom stereocenters. The molecule has 8 heteroatoms. The molecule has 2 aromatic rings. The lowest BCUT2D eigenvalue weighted by Gasteiger charge is -2.06. The van der Waals surface area contributed by atoms with Gasteiger partial charge in [0.05, 0.1) is 11.4 Å². The van der Waals surface area contributed by atoms with Crippen molar-refractivity contribution in [3.63, 3.8) is 0 Å². The second-order valence-electron chi connectivity index (χ2n) is 3.65. The summed E-state index contributed by atoms with van der Waals surface area (Å²) in [6, 6.07) is 0.997. The van der Waals surface area contributed by atoms with Crippen LogP contribution >= 0.6 is 11.5 Å². The number of hydrogen-bond acceptors (Lipinski definition) is 4. The fourth-order valence-corrected chi connectivity index (χ4v) is 2.25. The van der Waals surface area contributed by atoms with Crippen molar-refractivity contribution in [1.82, 2.24) is 4.37 Å². The molecule has 0 aliphatic heterocycles. The zero-order chi connectivity index (χ0) is 14.2. The van der Waals surface area contributed by atoms with Gasteiger partial charge in [0.1, 0.15) is 16.4 Å². The molecule has 0 amide bonds. The average Bonchev–Trinajstić information content (AvgIpc) is 2.67. The largest absolute Gasteiger partial charge is 0.478 e. The van der Waals surface area contributed by atoms with Crippen LogP contribution in [0.5, 0.6) is 0 Å². The number of aromatic nitrogens is 1. The summed E-state index contributed by atoms with van der Waals surface area (Å²) in [6.07, 6.45) is 0. The molecule has 0 aliphatic carbocycles. The number of carbonyl (C=O) groups is 1. The van der Waals surface area contributed by atoms with Crippen molar-refractivity contribution in [3.05, 3.63) is 40.8 Å². The van der Waals surface area contributed by atoms with Gasteiger partial charge in [-0.3, -0.25) is 0 Å². The van der Waals surface area contributed by atoms with Gasteiger partial charge in [-0.15, -0.1) is 0 Å². The molecule has 1 aromatic carbocycles. The molecule has 2 rings (SSSR count). The molecule has 1 aromatic heterocycles. The number of nitrogens with one attached hydrogen (secondary N) is 1. The summed E-state index contributed by atoms with van der Waals surface area (Å²) in [6.45, 7) is 1.48. The van der Waals surface area contributed by atoms with E-state index >= 15 is 0 Å². The molecule has 0 spiro atoms. The molecule has 2 N–H and O–H groups in total. The number of benzene rings is 1. The maximum Gasteiger partial charge on any atom is 0.340 e. The molecule has 0 saturated heterocycles. The molecule has 0 aliphatic rings. The van der Waals surface area contributed by atoms with Gasteiger partial charge >= 0.3 is 5.97 Å². The van der Waals surface area contributed by atoms with E-state index in [0.29, 0.717) is 12.1 Å². The summed E-state index contributed by atoms with van der Waals surface area (Å²) in [4.78, 5) is 11.0. The number of rotatable bonds is 3. The van der Waals surface area contributed by atoms with Crippen LogP contribution in [0.3, 0.4) is 0 Å². The van der Waals surface area contributed by atoms with Crippen molar-refractivity contribution in [2.24, 2.45) is 0 Å². The third kappa shape index (κ3) is 2.53. The minimum atomic E-state index is -1.32. The minimum absolute atomic E-state index is 0.0508. The third-order valence-electron chi connectivity index (χ3n) is 2.33. The highest BCUT2D eigenvalue weighted by atomic mass is 32.1. The summed E-state index contributed by atoms with van der Waals surface area (Å²) in [5.74, 6) is -4.82. The second kappa shape index (κ2) is 4.88. The van der Waals surface area contributed by atoms with Gasteiger partial charge in [-0.05, 0) is 18.5 Å². The van der Waals surface area contributed by atoms with Gasteiger partial charge in [0.25, 0.3) is 0 Å². The Morgan fingerprint density at radius 1 is 1.26 bits per heavy atom. The minimum Gasteiger partial charge on any atom is -0.478 e. The highest BCUT2D eigenvalue weighted by Crippen LogP contribution is 2.30. The Morgan fingerprint density at radius 2 is 1.89 bits per heavy atom. The lowest BCUT2D eigenvalue weighted by atomic mass is 10.2. The van der Waals surface area contributed by atoms with E-state index in [1.807, 2.05) is 0 Å². The Balaban J connectivity index is 2.42. The van der Waals surface area contributed by atoms with Crippen LogP contribution in [-0.2, 0) is 0 Å². The highest BCUT2D eigenvalue weighted by Gasteiger charge is 2.19. The summed E-state index contributed by atoms with van der Waals surface area (Å²) >= 11 is 0.793. The summed E-state index contributed by atoms with van der Waals surface area (Å²) < 4.78 is 43.0. The van der Waals surface area contributed by atoms with E-state index in [-0.39, 0.29) is 21.9 Å². The van der Waals surface area contributed by atoms with E-state index in [1.54, 1.807) is 0 Å². The summed E-state index contributed by atoms with van der Waals surface area (Å²) in [7, 11) is 0. The van der Waals surface area contributed by atoms with Crippen molar-refractivity contribution >= 4 is 28.2 Å². The molecular formula is C11H7F3N2O2S. The molecule has 0 atom stereocenters. The number of aryl methyl sites for hydroxylation is 1. The van der Waals surface area contributed by atoms with Crippen LogP contribution in [0.1, 0.15) is 16.1 Å². The monoisotopic (exact) mass is 288 g/mol. The van der Waals surface area contributed by atoms with Crippen LogP contribution in [0.4, 0.5) is 23.9 Å². The van der Waals surface area contributed by atoms with E-state index < -0.39 is 23.4 Å². The molecule has 1 heterocycles. The number of anilines is 2. The Bertz CT molecular complexity index is 658. The van der Waals surface area contributed by atoms with E-state index in [0.717, 1.165) is 11.5 Å². The smallest absolute Gasteiger partial charge is 0.340 e. The van der Waals surface area contributed by atoms with Crippen LogP contribution in [0.15, 0.2) is 12.1 Å². The zero-order valence-corrected chi connectivity index (χ0v) is 10.3. The predicted octanol–water partition coefficient (Wildman–Crippen LogP) is 3.31. The van der Waals surface area contributed by atoms with E-state index in [9.17, 15) is 18.0 Å². The molecule has 0 bridgehead atoms. The predicted molar refractivity (Wildman–Crippen MR) is 63.4 cm³/mol. The Kier molecular flexibility index (Phi) is 3.43. The number of nitrogens with zero attached hydrogens (tertiary/aromatic N) is 1. The lowest BCUT2D eigenvalue weighted by Crippen LogP contribution is -2.03. The average molecular weight is 288 g/mol. The molecule has 0 saturated carbocycles. The van der Waals surface area contributed by atoms with Crippen LogP contribution < -0.4 is 5.32 Å². The third-order valence-corrected chi connectivity index (χ3v) is 3.19. The normalized spacial score (nSPS) is 10.5. The number of hydrogen-bond donors (Lipinski definition) is 2. The van der Waals surface area contributed by atoms with E-state index in [2.05, 4.69) is 9.69 Å². The van der Waals surface area contributed by atoms with Crippen molar-refractivity contribution in [1.29, 1.82) is 0 Å². The molecule has 19 heavy (non-hydrogen) atoms. The first kappa shape index (κ1) is 13.3. The molecule has 100 valence electrons. The van der Waals surface area contributed by atoms with Gasteiger partial charge in [0.2, 0.25) is 0 Å². The van der Waals surface area contributed by atoms with E-state index in [1.165, 1.54) is 6.92 Å². The van der Waals surface area contributed by atoms with Crippen LogP contribution in [-0.4, -0.2) is 15.4 Å². The first-order valence-electron chi connectivity index (χ1n) is 5.01. The number of carboxylic acids is 1. The van der Waals surface area contributed by atoms with Gasteiger partial charge in [-0.1, -0.05) is 0 Å². The molecular weight excluding hydrogens is 281 g/mol. The van der Waals surface area contributed by atoms with Crippen molar-refractivity contribution in [2.45, 2.75) is 6.92 Å². The quantitative estimate of drug-likeness (QED) is 0.851. The summed E-state index contributed by atoms with van der Waals surface area (Å²) in [5.41, 5.74) is -0.234. The molecule has 0 radical (unpaired) electrons. The first-order valence-corrected chi connectivity index (χ1v) is 5.78. The fraction of sp³-hybridized carbons (Fsp3) is 0.0909. The fourth-order valence-electron chi connectivity index (χ4n) is 1.45. The van der Waals surface area contributed by atoms with Crippen molar-refractivity contribution < 1.29 is 23.1 Å². The standard InChI is InChI=1S/C11H7F3N2O2S/c1-4-9(11(17)18)10(19-16-4)15-8-3-6(13)5(12)2-7(8)14/h2-3,15H,1H3,(H,17,18). The Labute approximate surface area is 109 Å².